The number of allylic oxidation sites excluding steroid dienone is 1. The van der Waals surface area contributed by atoms with E-state index in [-0.39, 0.29) is 6.04 Å². The number of cyclic esters (lactones) is 1. The van der Waals surface area contributed by atoms with E-state index in [0.29, 0.717) is 24.5 Å². The predicted octanol–water partition coefficient (Wildman–Crippen LogP) is 4.21. The van der Waals surface area contributed by atoms with Gasteiger partial charge in [-0.2, -0.15) is 5.26 Å². The first-order chi connectivity index (χ1) is 16.7. The molecule has 0 spiro atoms. The van der Waals surface area contributed by atoms with Gasteiger partial charge in [-0.1, -0.05) is 37.3 Å². The van der Waals surface area contributed by atoms with E-state index in [1.54, 1.807) is 43.5 Å². The highest BCUT2D eigenvalue weighted by Crippen LogP contribution is 2.55. The van der Waals surface area contributed by atoms with Crippen LogP contribution in [0.3, 0.4) is 0 Å². The Hall–Kier alpha value is -3.15. The van der Waals surface area contributed by atoms with Crippen molar-refractivity contribution in [2.24, 2.45) is 17.8 Å². The van der Waals surface area contributed by atoms with E-state index in [4.69, 9.17) is 9.47 Å². The topological polar surface area (TPSA) is 84.2 Å². The first kappa shape index (κ1) is 23.6. The molecule has 35 heavy (non-hydrogen) atoms. The lowest BCUT2D eigenvalue weighted by molar-refractivity contribution is -0.164. The van der Waals surface area contributed by atoms with Crippen molar-refractivity contribution >= 4 is 12.0 Å². The fourth-order valence-electron chi connectivity index (χ4n) is 5.72. The summed E-state index contributed by atoms with van der Waals surface area (Å²) in [6, 6.07) is 12.9. The third kappa shape index (κ3) is 4.03. The van der Waals surface area contributed by atoms with Gasteiger partial charge in [0.05, 0.1) is 36.6 Å². The maximum atomic E-state index is 15.3. The number of nitriles is 1. The quantitative estimate of drug-likeness (QED) is 0.647. The Morgan fingerprint density at radius 3 is 2.63 bits per heavy atom. The Morgan fingerprint density at radius 1 is 1.20 bits per heavy atom. The van der Waals surface area contributed by atoms with Crippen molar-refractivity contribution < 1.29 is 23.0 Å². The number of pyridine rings is 1. The molecule has 182 valence electrons. The maximum absolute atomic E-state index is 15.3. The highest BCUT2D eigenvalue weighted by Gasteiger charge is 2.68. The fourth-order valence-corrected chi connectivity index (χ4v) is 5.72. The first-order valence-corrected chi connectivity index (χ1v) is 11.8. The Labute approximate surface area is 203 Å². The van der Waals surface area contributed by atoms with E-state index >= 15 is 8.78 Å². The molecule has 1 aromatic heterocycles. The average molecular weight is 480 g/mol. The van der Waals surface area contributed by atoms with Crippen LogP contribution in [0.15, 0.2) is 48.7 Å². The minimum Gasteiger partial charge on any atom is -0.461 e. The van der Waals surface area contributed by atoms with Gasteiger partial charge in [-0.05, 0) is 31.1 Å². The van der Waals surface area contributed by atoms with Gasteiger partial charge in [0.15, 0.2) is 0 Å². The Kier molecular flexibility index (Phi) is 5.94. The number of aromatic nitrogens is 1. The molecule has 5 rings (SSSR count). The lowest BCUT2D eigenvalue weighted by Crippen LogP contribution is -2.69. The third-order valence-corrected chi connectivity index (χ3v) is 7.64. The van der Waals surface area contributed by atoms with Crippen molar-refractivity contribution in [3.8, 4) is 17.2 Å². The third-order valence-electron chi connectivity index (χ3n) is 7.64. The van der Waals surface area contributed by atoms with Gasteiger partial charge < -0.3 is 9.47 Å². The van der Waals surface area contributed by atoms with Crippen LogP contribution in [0.4, 0.5) is 8.78 Å². The number of hydrogen-bond donors (Lipinski definition) is 1. The predicted molar refractivity (Wildman–Crippen MR) is 125 cm³/mol. The van der Waals surface area contributed by atoms with Gasteiger partial charge in [0.2, 0.25) is 0 Å². The summed E-state index contributed by atoms with van der Waals surface area (Å²) in [6.45, 7) is 4.10. The van der Waals surface area contributed by atoms with Crippen LogP contribution >= 0.6 is 0 Å². The standard InChI is InChI=1S/C27H27F2N3O3/c1-16-22(10-9-20-8-7-19(12-31-20)23-6-4-3-5-18(23)11-30)24-17(2)35-25(33)26(24,15-27(16,28)29)32-21-13-34-14-21/h3-10,12,16-17,21-22,24,32H,13-15H2,1-2H3/b10-9+/t16-,17+,22-,24-,26-/m0/s1. The summed E-state index contributed by atoms with van der Waals surface area (Å²) in [6.07, 6.45) is 4.07. The summed E-state index contributed by atoms with van der Waals surface area (Å²) < 4.78 is 41.3. The van der Waals surface area contributed by atoms with E-state index in [0.717, 1.165) is 11.1 Å². The summed E-state index contributed by atoms with van der Waals surface area (Å²) in [7, 11) is 0. The molecule has 2 aromatic rings. The van der Waals surface area contributed by atoms with Crippen molar-refractivity contribution in [1.82, 2.24) is 10.3 Å². The number of carbonyl (C=O) groups excluding carboxylic acids is 1. The highest BCUT2D eigenvalue weighted by atomic mass is 19.3. The van der Waals surface area contributed by atoms with E-state index < -0.39 is 47.7 Å². The van der Waals surface area contributed by atoms with Crippen molar-refractivity contribution in [2.75, 3.05) is 13.2 Å². The van der Waals surface area contributed by atoms with Crippen molar-refractivity contribution in [3.63, 3.8) is 0 Å². The molecule has 2 saturated heterocycles. The molecule has 8 heteroatoms. The summed E-state index contributed by atoms with van der Waals surface area (Å²) in [4.78, 5) is 17.4. The summed E-state index contributed by atoms with van der Waals surface area (Å²) in [5, 5.41) is 12.5. The first-order valence-electron chi connectivity index (χ1n) is 11.8. The van der Waals surface area contributed by atoms with Gasteiger partial charge in [0.25, 0.3) is 5.92 Å². The monoisotopic (exact) mass is 479 g/mol. The number of alkyl halides is 2. The molecule has 3 heterocycles. The molecule has 1 N–H and O–H groups in total. The number of nitrogens with zero attached hydrogens (tertiary/aromatic N) is 2. The Bertz CT molecular complexity index is 1190. The van der Waals surface area contributed by atoms with Crippen LogP contribution in [-0.2, 0) is 14.3 Å². The average Bonchev–Trinajstić information content (AvgIpc) is 3.05. The number of ether oxygens (including phenoxy) is 2. The molecule has 3 fully saturated rings. The van der Waals surface area contributed by atoms with Crippen LogP contribution in [0, 0.1) is 29.1 Å². The zero-order chi connectivity index (χ0) is 24.8. The molecule has 1 aromatic carbocycles. The second-order valence-corrected chi connectivity index (χ2v) is 9.78. The van der Waals surface area contributed by atoms with Gasteiger partial charge >= 0.3 is 5.97 Å². The van der Waals surface area contributed by atoms with Crippen LogP contribution in [0.2, 0.25) is 0 Å². The smallest absolute Gasteiger partial charge is 0.327 e. The SMILES string of the molecule is C[C@H]1OC(=O)[C@]2(NC3COC3)CC(F)(F)[C@@H](C)[C@H](/C=C/c3ccc(-c4ccccc4C#N)cn3)[C@H]12. The van der Waals surface area contributed by atoms with Gasteiger partial charge in [-0.3, -0.25) is 15.1 Å². The Morgan fingerprint density at radius 2 is 1.97 bits per heavy atom. The lowest BCUT2D eigenvalue weighted by Gasteiger charge is -2.50. The largest absolute Gasteiger partial charge is 0.461 e. The maximum Gasteiger partial charge on any atom is 0.327 e. The van der Waals surface area contributed by atoms with Crippen LogP contribution in [0.1, 0.15) is 31.5 Å². The summed E-state index contributed by atoms with van der Waals surface area (Å²) in [5.74, 6) is -5.68. The minimum atomic E-state index is -3.05. The number of hydrogen-bond acceptors (Lipinski definition) is 6. The number of benzene rings is 1. The van der Waals surface area contributed by atoms with E-state index in [9.17, 15) is 10.1 Å². The molecule has 2 aliphatic heterocycles. The summed E-state index contributed by atoms with van der Waals surface area (Å²) >= 11 is 0. The number of fused-ring (bicyclic) bond motifs is 1. The number of esters is 1. The van der Waals surface area contributed by atoms with Gasteiger partial charge in [-0.25, -0.2) is 8.78 Å². The van der Waals surface area contributed by atoms with E-state index in [1.807, 2.05) is 18.2 Å². The number of nitrogens with one attached hydrogen (secondary N) is 1. The molecule has 0 unspecified atom stereocenters. The highest BCUT2D eigenvalue weighted by molar-refractivity contribution is 5.84. The summed E-state index contributed by atoms with van der Waals surface area (Å²) in [5.41, 5.74) is 1.29. The molecule has 5 atom stereocenters. The van der Waals surface area contributed by atoms with Crippen LogP contribution in [0.25, 0.3) is 17.2 Å². The van der Waals surface area contributed by atoms with Gasteiger partial charge in [0, 0.05) is 35.6 Å². The molecular weight excluding hydrogens is 452 g/mol. The van der Waals surface area contributed by atoms with Gasteiger partial charge in [0.1, 0.15) is 11.6 Å². The molecule has 6 nitrogen and oxygen atoms in total. The van der Waals surface area contributed by atoms with Crippen LogP contribution in [0.5, 0.6) is 0 Å². The fraction of sp³-hybridized carbons (Fsp3) is 0.444. The lowest BCUT2D eigenvalue weighted by atomic mass is 9.60. The number of rotatable bonds is 5. The molecule has 0 amide bonds. The zero-order valence-corrected chi connectivity index (χ0v) is 19.6. The molecule has 3 aliphatic rings. The Balaban J connectivity index is 1.44. The van der Waals surface area contributed by atoms with Crippen LogP contribution in [-0.4, -0.2) is 47.8 Å². The molecule has 0 radical (unpaired) electrons. The molecule has 1 aliphatic carbocycles. The molecular formula is C27H27F2N3O3. The van der Waals surface area contributed by atoms with E-state index in [1.165, 1.54) is 6.92 Å². The van der Waals surface area contributed by atoms with Crippen molar-refractivity contribution in [2.45, 2.75) is 43.9 Å². The normalized spacial score (nSPS) is 32.0. The molecule has 1 saturated carbocycles. The van der Waals surface area contributed by atoms with E-state index in [2.05, 4.69) is 16.4 Å². The van der Waals surface area contributed by atoms with Gasteiger partial charge in [-0.15, -0.1) is 0 Å². The minimum absolute atomic E-state index is 0.144. The van der Waals surface area contributed by atoms with Crippen molar-refractivity contribution in [3.05, 3.63) is 59.9 Å². The second kappa shape index (κ2) is 8.81. The zero-order valence-electron chi connectivity index (χ0n) is 19.6. The number of halogens is 2. The number of carbonyl (C=O) groups is 1. The van der Waals surface area contributed by atoms with Crippen molar-refractivity contribution in [1.29, 1.82) is 5.26 Å². The molecule has 0 bridgehead atoms. The van der Waals surface area contributed by atoms with Crippen LogP contribution < -0.4 is 5.32 Å². The second-order valence-electron chi connectivity index (χ2n) is 9.78.